The van der Waals surface area contributed by atoms with Crippen LogP contribution in [0, 0.1) is 5.92 Å². The van der Waals surface area contributed by atoms with Crippen LogP contribution < -0.4 is 11.4 Å². The van der Waals surface area contributed by atoms with E-state index in [9.17, 15) is 14.4 Å². The van der Waals surface area contributed by atoms with E-state index in [1.165, 1.54) is 20.5 Å². The summed E-state index contributed by atoms with van der Waals surface area (Å²) in [7, 11) is 0. The number of thiophene rings is 1. The highest BCUT2D eigenvalue weighted by Gasteiger charge is 2.28. The normalized spacial score (nSPS) is 16.9. The molecule has 0 bridgehead atoms. The standard InChI is InChI=1S/C21H26N6O3S/c1-12(2)27-20-17(16(18(22)29)23-19(24-20)14-7-5-9-31-14)26(21(27)30)11-15(28)25-8-4-6-13(3)10-25/h5,7,9,12-13H,4,6,8,10-11H2,1-3H3,(H2,22,29). The van der Waals surface area contributed by atoms with Crippen molar-refractivity contribution in [3.63, 3.8) is 0 Å². The largest absolute Gasteiger partial charge is 0.364 e. The minimum absolute atomic E-state index is 0.0512. The lowest BCUT2D eigenvalue weighted by atomic mass is 10.0. The number of likely N-dealkylation sites (tertiary alicyclic amines) is 1. The fourth-order valence-corrected chi connectivity index (χ4v) is 4.78. The number of carbonyl (C=O) groups excluding carboxylic acids is 2. The van der Waals surface area contributed by atoms with Crippen LogP contribution in [0.2, 0.25) is 0 Å². The number of hydrogen-bond donors (Lipinski definition) is 1. The number of piperidine rings is 1. The Morgan fingerprint density at radius 3 is 2.71 bits per heavy atom. The van der Waals surface area contributed by atoms with Gasteiger partial charge in [0.25, 0.3) is 5.91 Å². The number of amides is 2. The van der Waals surface area contributed by atoms with Crippen LogP contribution >= 0.6 is 11.3 Å². The van der Waals surface area contributed by atoms with Gasteiger partial charge < -0.3 is 10.6 Å². The van der Waals surface area contributed by atoms with E-state index in [-0.39, 0.29) is 29.7 Å². The molecule has 1 unspecified atom stereocenters. The van der Waals surface area contributed by atoms with E-state index in [2.05, 4.69) is 16.9 Å². The van der Waals surface area contributed by atoms with Crippen molar-refractivity contribution in [1.82, 2.24) is 24.0 Å². The van der Waals surface area contributed by atoms with Crippen molar-refractivity contribution in [3.05, 3.63) is 33.7 Å². The molecule has 10 heteroatoms. The molecule has 31 heavy (non-hydrogen) atoms. The number of primary amides is 1. The van der Waals surface area contributed by atoms with Crippen molar-refractivity contribution in [1.29, 1.82) is 0 Å². The molecule has 1 aliphatic rings. The van der Waals surface area contributed by atoms with E-state index >= 15 is 0 Å². The molecule has 0 saturated carbocycles. The van der Waals surface area contributed by atoms with Crippen LogP contribution in [0.5, 0.6) is 0 Å². The molecule has 1 aliphatic heterocycles. The van der Waals surface area contributed by atoms with Gasteiger partial charge in [-0.15, -0.1) is 11.3 Å². The average Bonchev–Trinajstić information content (AvgIpc) is 3.34. The molecule has 0 spiro atoms. The van der Waals surface area contributed by atoms with E-state index in [1.54, 1.807) is 4.90 Å². The number of rotatable bonds is 5. The van der Waals surface area contributed by atoms with E-state index in [0.29, 0.717) is 30.5 Å². The first-order chi connectivity index (χ1) is 14.8. The minimum Gasteiger partial charge on any atom is -0.364 e. The number of fused-ring (bicyclic) bond motifs is 1. The van der Waals surface area contributed by atoms with Crippen LogP contribution in [0.3, 0.4) is 0 Å². The zero-order valence-corrected chi connectivity index (χ0v) is 18.7. The Bertz CT molecular complexity index is 1190. The number of hydrogen-bond acceptors (Lipinski definition) is 6. The van der Waals surface area contributed by atoms with E-state index < -0.39 is 11.6 Å². The van der Waals surface area contributed by atoms with Crippen molar-refractivity contribution in [3.8, 4) is 10.7 Å². The summed E-state index contributed by atoms with van der Waals surface area (Å²) in [6.07, 6.45) is 2.02. The molecule has 3 aromatic heterocycles. The fourth-order valence-electron chi connectivity index (χ4n) is 4.13. The molecule has 164 valence electrons. The number of aromatic nitrogens is 4. The summed E-state index contributed by atoms with van der Waals surface area (Å²) in [5, 5.41) is 1.88. The summed E-state index contributed by atoms with van der Waals surface area (Å²) in [6.45, 7) is 6.98. The van der Waals surface area contributed by atoms with Gasteiger partial charge in [0.05, 0.1) is 4.88 Å². The minimum atomic E-state index is -0.765. The third-order valence-corrected chi connectivity index (χ3v) is 6.46. The quantitative estimate of drug-likeness (QED) is 0.651. The van der Waals surface area contributed by atoms with E-state index in [0.717, 1.165) is 17.7 Å². The maximum atomic E-state index is 13.3. The Morgan fingerprint density at radius 2 is 2.10 bits per heavy atom. The smallest absolute Gasteiger partial charge is 0.331 e. The SMILES string of the molecule is CC1CCCN(C(=O)Cn2c(=O)n(C(C)C)c3nc(-c4cccs4)nc(C(N)=O)c32)C1. The first-order valence-electron chi connectivity index (χ1n) is 10.4. The summed E-state index contributed by atoms with van der Waals surface area (Å²) >= 11 is 1.43. The highest BCUT2D eigenvalue weighted by Crippen LogP contribution is 2.26. The average molecular weight is 443 g/mol. The molecule has 4 rings (SSSR count). The van der Waals surface area contributed by atoms with Crippen LogP contribution in [-0.2, 0) is 11.3 Å². The summed E-state index contributed by atoms with van der Waals surface area (Å²) < 4.78 is 2.79. The van der Waals surface area contributed by atoms with Gasteiger partial charge in [0.1, 0.15) is 12.1 Å². The third kappa shape index (κ3) is 3.87. The predicted octanol–water partition coefficient (Wildman–Crippen LogP) is 2.26. The molecular weight excluding hydrogens is 416 g/mol. The molecule has 0 aromatic carbocycles. The Labute approximate surface area is 183 Å². The lowest BCUT2D eigenvalue weighted by Gasteiger charge is -2.31. The Balaban J connectivity index is 1.89. The predicted molar refractivity (Wildman–Crippen MR) is 119 cm³/mol. The zero-order chi connectivity index (χ0) is 22.3. The summed E-state index contributed by atoms with van der Waals surface area (Å²) in [4.78, 5) is 50.2. The van der Waals surface area contributed by atoms with Crippen molar-refractivity contribution in [2.24, 2.45) is 11.7 Å². The maximum absolute atomic E-state index is 13.3. The van der Waals surface area contributed by atoms with E-state index in [4.69, 9.17) is 5.73 Å². The lowest BCUT2D eigenvalue weighted by molar-refractivity contribution is -0.133. The number of nitrogens with zero attached hydrogens (tertiary/aromatic N) is 5. The zero-order valence-electron chi connectivity index (χ0n) is 17.9. The molecule has 1 fully saturated rings. The van der Waals surface area contributed by atoms with Gasteiger partial charge in [-0.05, 0) is 44.1 Å². The summed E-state index contributed by atoms with van der Waals surface area (Å²) in [5.41, 5.74) is 5.73. The number of nitrogens with two attached hydrogens (primary N) is 1. The first-order valence-corrected chi connectivity index (χ1v) is 11.3. The van der Waals surface area contributed by atoms with Crippen LogP contribution in [0.4, 0.5) is 0 Å². The van der Waals surface area contributed by atoms with Crippen molar-refractivity contribution < 1.29 is 9.59 Å². The Kier molecular flexibility index (Phi) is 5.65. The highest BCUT2D eigenvalue weighted by atomic mass is 32.1. The van der Waals surface area contributed by atoms with Gasteiger partial charge in [0, 0.05) is 19.1 Å². The van der Waals surface area contributed by atoms with Gasteiger partial charge in [-0.2, -0.15) is 0 Å². The van der Waals surface area contributed by atoms with Gasteiger partial charge in [-0.3, -0.25) is 18.7 Å². The molecule has 1 atom stereocenters. The number of imidazole rings is 1. The maximum Gasteiger partial charge on any atom is 0.331 e. The summed E-state index contributed by atoms with van der Waals surface area (Å²) in [6, 6.07) is 3.47. The van der Waals surface area contributed by atoms with Crippen LogP contribution in [0.25, 0.3) is 21.9 Å². The molecule has 0 radical (unpaired) electrons. The van der Waals surface area contributed by atoms with Gasteiger partial charge in [0.15, 0.2) is 17.2 Å². The highest BCUT2D eigenvalue weighted by molar-refractivity contribution is 7.13. The molecule has 2 amide bonds. The second kappa shape index (κ2) is 8.26. The van der Waals surface area contributed by atoms with Crippen molar-refractivity contribution in [2.45, 2.75) is 46.2 Å². The van der Waals surface area contributed by atoms with Crippen LogP contribution in [0.15, 0.2) is 22.3 Å². The molecule has 0 aliphatic carbocycles. The second-order valence-electron chi connectivity index (χ2n) is 8.33. The number of carbonyl (C=O) groups is 2. The first kappa shape index (κ1) is 21.2. The molecule has 4 heterocycles. The van der Waals surface area contributed by atoms with Crippen LogP contribution in [0.1, 0.15) is 50.1 Å². The van der Waals surface area contributed by atoms with Crippen molar-refractivity contribution in [2.75, 3.05) is 13.1 Å². The van der Waals surface area contributed by atoms with Gasteiger partial charge in [-0.25, -0.2) is 14.8 Å². The van der Waals surface area contributed by atoms with E-state index in [1.807, 2.05) is 31.4 Å². The molecular formula is C21H26N6O3S. The van der Waals surface area contributed by atoms with Gasteiger partial charge >= 0.3 is 5.69 Å². The lowest BCUT2D eigenvalue weighted by Crippen LogP contribution is -2.42. The molecule has 2 N–H and O–H groups in total. The molecule has 1 saturated heterocycles. The summed E-state index contributed by atoms with van der Waals surface area (Å²) in [5.74, 6) is -0.170. The second-order valence-corrected chi connectivity index (χ2v) is 9.28. The Morgan fingerprint density at radius 1 is 1.32 bits per heavy atom. The Hall–Kier alpha value is -3.01. The third-order valence-electron chi connectivity index (χ3n) is 5.60. The monoisotopic (exact) mass is 442 g/mol. The topological polar surface area (TPSA) is 116 Å². The van der Waals surface area contributed by atoms with Gasteiger partial charge in [0.2, 0.25) is 5.91 Å². The molecule has 3 aromatic rings. The van der Waals surface area contributed by atoms with Gasteiger partial charge in [-0.1, -0.05) is 13.0 Å². The molecule has 9 nitrogen and oxygen atoms in total. The fraction of sp³-hybridized carbons (Fsp3) is 0.476. The van der Waals surface area contributed by atoms with Crippen LogP contribution in [-0.4, -0.2) is 48.9 Å². The van der Waals surface area contributed by atoms with Crippen molar-refractivity contribution >= 4 is 34.3 Å².